The van der Waals surface area contributed by atoms with Crippen molar-refractivity contribution >= 4 is 75.7 Å². The summed E-state index contributed by atoms with van der Waals surface area (Å²) in [5.74, 6) is 0. The molecule has 0 atom stereocenters. The van der Waals surface area contributed by atoms with Crippen molar-refractivity contribution in [3.05, 3.63) is 36.2 Å². The van der Waals surface area contributed by atoms with E-state index >= 15 is 0 Å². The van der Waals surface area contributed by atoms with Crippen molar-refractivity contribution in [1.82, 2.24) is 0 Å². The van der Waals surface area contributed by atoms with Gasteiger partial charge in [0.15, 0.2) is 0 Å². The third kappa shape index (κ3) is 2.27. The average Bonchev–Trinajstić information content (AvgIpc) is 2.19. The summed E-state index contributed by atoms with van der Waals surface area (Å²) < 4.78 is 0. The van der Waals surface area contributed by atoms with Crippen LogP contribution in [0.2, 0.25) is 25.1 Å². The minimum atomic E-state index is 0.134. The molecule has 0 aliphatic carbocycles. The van der Waals surface area contributed by atoms with Gasteiger partial charge in [0.05, 0.1) is 25.1 Å². The zero-order valence-corrected chi connectivity index (χ0v) is 11.0. The van der Waals surface area contributed by atoms with Crippen LogP contribution in [0.15, 0.2) is 5.54 Å². The number of hydrogen-bond acceptors (Lipinski definition) is 0. The lowest BCUT2D eigenvalue weighted by molar-refractivity contribution is 1.65. The molecule has 0 N–H and O–H groups in total. The molecule has 0 nitrogen and oxygen atoms in total. The van der Waals surface area contributed by atoms with Gasteiger partial charge in [-0.3, -0.25) is 0 Å². The van der Waals surface area contributed by atoms with Gasteiger partial charge in [-0.05, 0) is 6.08 Å². The number of benzene rings is 1. The van der Waals surface area contributed by atoms with E-state index in [1.54, 1.807) is 0 Å². The first-order valence-corrected chi connectivity index (χ1v) is 5.61. The molecular weight excluding hydrogens is 309 g/mol. The molecule has 0 unspecified atom stereocenters. The summed E-state index contributed by atoms with van der Waals surface area (Å²) in [6.07, 6.45) is 1.49. The second-order valence-electron chi connectivity index (χ2n) is 2.28. The standard InChI is InChI=1S/C8H2Cl6/c9-2-1-3-4(10)6(12)8(14)7(13)5(3)11/h1-2H/b2-1+. The van der Waals surface area contributed by atoms with E-state index in [1.165, 1.54) is 11.6 Å². The lowest BCUT2D eigenvalue weighted by atomic mass is 10.2. The van der Waals surface area contributed by atoms with Crippen LogP contribution in [-0.2, 0) is 0 Å². The average molecular weight is 311 g/mol. The van der Waals surface area contributed by atoms with Crippen molar-refractivity contribution in [3.63, 3.8) is 0 Å². The minimum Gasteiger partial charge on any atom is -0.0929 e. The van der Waals surface area contributed by atoms with Gasteiger partial charge >= 0.3 is 0 Å². The summed E-state index contributed by atoms with van der Waals surface area (Å²) in [6, 6.07) is 0. The summed E-state index contributed by atoms with van der Waals surface area (Å²) in [7, 11) is 0. The fraction of sp³-hybridized carbons (Fsp3) is 0. The Labute approximate surface area is 111 Å². The van der Waals surface area contributed by atoms with E-state index in [-0.39, 0.29) is 25.1 Å². The quantitative estimate of drug-likeness (QED) is 0.430. The molecule has 0 aliphatic rings. The van der Waals surface area contributed by atoms with E-state index in [0.717, 1.165) is 0 Å². The zero-order valence-electron chi connectivity index (χ0n) is 6.42. The minimum absolute atomic E-state index is 0.134. The van der Waals surface area contributed by atoms with Gasteiger partial charge in [-0.2, -0.15) is 0 Å². The maximum atomic E-state index is 5.89. The monoisotopic (exact) mass is 308 g/mol. The number of halogens is 6. The highest BCUT2D eigenvalue weighted by Gasteiger charge is 2.17. The van der Waals surface area contributed by atoms with Crippen LogP contribution in [0.1, 0.15) is 5.56 Å². The molecule has 1 aromatic rings. The summed E-state index contributed by atoms with van der Waals surface area (Å²) >= 11 is 34.6. The largest absolute Gasteiger partial charge is 0.0929 e. The van der Waals surface area contributed by atoms with E-state index in [2.05, 4.69) is 0 Å². The Morgan fingerprint density at radius 1 is 0.643 bits per heavy atom. The third-order valence-electron chi connectivity index (χ3n) is 1.47. The molecule has 1 rings (SSSR count). The van der Waals surface area contributed by atoms with Crippen LogP contribution in [0.4, 0.5) is 0 Å². The highest BCUT2D eigenvalue weighted by atomic mass is 35.5. The SMILES string of the molecule is Cl/C=C/c1c(Cl)c(Cl)c(Cl)c(Cl)c1Cl. The summed E-state index contributed by atoms with van der Waals surface area (Å²) in [4.78, 5) is 0. The smallest absolute Gasteiger partial charge is 0.0809 e. The Morgan fingerprint density at radius 3 is 1.36 bits per heavy atom. The van der Waals surface area contributed by atoms with Crippen molar-refractivity contribution in [2.24, 2.45) is 0 Å². The summed E-state index contributed by atoms with van der Waals surface area (Å²) in [5, 5.41) is 0.904. The van der Waals surface area contributed by atoms with Crippen LogP contribution in [0.25, 0.3) is 6.08 Å². The van der Waals surface area contributed by atoms with Crippen LogP contribution < -0.4 is 0 Å². The van der Waals surface area contributed by atoms with Crippen molar-refractivity contribution in [2.75, 3.05) is 0 Å². The van der Waals surface area contributed by atoms with Crippen LogP contribution in [-0.4, -0.2) is 0 Å². The predicted molar refractivity (Wildman–Crippen MR) is 66.4 cm³/mol. The molecule has 1 aromatic carbocycles. The topological polar surface area (TPSA) is 0 Å². The van der Waals surface area contributed by atoms with Crippen LogP contribution in [0.3, 0.4) is 0 Å². The molecule has 0 amide bonds. The Balaban J connectivity index is 3.59. The first-order chi connectivity index (χ1) is 6.50. The highest BCUT2D eigenvalue weighted by molar-refractivity contribution is 6.55. The highest BCUT2D eigenvalue weighted by Crippen LogP contribution is 2.44. The Hall–Kier alpha value is 0.700. The normalized spacial score (nSPS) is 11.3. The predicted octanol–water partition coefficient (Wildman–Crippen LogP) is 6.16. The lowest BCUT2D eigenvalue weighted by Crippen LogP contribution is -1.84. The van der Waals surface area contributed by atoms with E-state index < -0.39 is 0 Å². The maximum Gasteiger partial charge on any atom is 0.0809 e. The Bertz CT molecular complexity index is 366. The van der Waals surface area contributed by atoms with Gasteiger partial charge in [0.25, 0.3) is 0 Å². The van der Waals surface area contributed by atoms with E-state index in [4.69, 9.17) is 69.6 Å². The maximum absolute atomic E-state index is 5.89. The molecule has 0 heterocycles. The van der Waals surface area contributed by atoms with Gasteiger partial charge in [-0.1, -0.05) is 69.6 Å². The zero-order chi connectivity index (χ0) is 10.9. The Kier molecular flexibility index (Phi) is 4.70. The van der Waals surface area contributed by atoms with E-state index in [9.17, 15) is 0 Å². The van der Waals surface area contributed by atoms with Crippen LogP contribution in [0.5, 0.6) is 0 Å². The fourth-order valence-corrected chi connectivity index (χ4v) is 2.24. The lowest BCUT2D eigenvalue weighted by Gasteiger charge is -2.08. The molecule has 0 radical (unpaired) electrons. The molecule has 0 aliphatic heterocycles. The van der Waals surface area contributed by atoms with Gasteiger partial charge in [0.1, 0.15) is 0 Å². The molecule has 76 valence electrons. The van der Waals surface area contributed by atoms with Gasteiger partial charge in [0, 0.05) is 11.1 Å². The van der Waals surface area contributed by atoms with Gasteiger partial charge in [-0.15, -0.1) is 0 Å². The first kappa shape index (κ1) is 12.8. The molecule has 0 saturated heterocycles. The van der Waals surface area contributed by atoms with E-state index in [1.807, 2.05) is 0 Å². The molecule has 0 aromatic heterocycles. The van der Waals surface area contributed by atoms with Crippen LogP contribution in [0, 0.1) is 0 Å². The van der Waals surface area contributed by atoms with Crippen molar-refractivity contribution in [2.45, 2.75) is 0 Å². The molecule has 0 fully saturated rings. The van der Waals surface area contributed by atoms with Crippen LogP contribution >= 0.6 is 69.6 Å². The van der Waals surface area contributed by atoms with Crippen molar-refractivity contribution < 1.29 is 0 Å². The van der Waals surface area contributed by atoms with Gasteiger partial charge < -0.3 is 0 Å². The van der Waals surface area contributed by atoms with Gasteiger partial charge in [-0.25, -0.2) is 0 Å². The van der Waals surface area contributed by atoms with Crippen molar-refractivity contribution in [3.8, 4) is 0 Å². The van der Waals surface area contributed by atoms with Gasteiger partial charge in [0.2, 0.25) is 0 Å². The third-order valence-corrected chi connectivity index (χ3v) is 3.91. The first-order valence-electron chi connectivity index (χ1n) is 3.29. The summed E-state index contributed by atoms with van der Waals surface area (Å²) in [5.41, 5.74) is 1.70. The fourth-order valence-electron chi connectivity index (χ4n) is 0.831. The number of hydrogen-bond donors (Lipinski definition) is 0. The molecule has 0 spiro atoms. The second kappa shape index (κ2) is 5.16. The number of rotatable bonds is 1. The molecular formula is C8H2Cl6. The Morgan fingerprint density at radius 2 is 1.00 bits per heavy atom. The molecule has 0 saturated carbocycles. The molecule has 14 heavy (non-hydrogen) atoms. The van der Waals surface area contributed by atoms with E-state index in [0.29, 0.717) is 5.56 Å². The second-order valence-corrected chi connectivity index (χ2v) is 4.42. The molecule has 0 bridgehead atoms. The summed E-state index contributed by atoms with van der Waals surface area (Å²) in [6.45, 7) is 0. The molecule has 6 heteroatoms. The van der Waals surface area contributed by atoms with Crippen molar-refractivity contribution in [1.29, 1.82) is 0 Å².